The van der Waals surface area contributed by atoms with E-state index >= 15 is 0 Å². The van der Waals surface area contributed by atoms with Crippen LogP contribution in [0.2, 0.25) is 0 Å². The van der Waals surface area contributed by atoms with E-state index in [-0.39, 0.29) is 12.6 Å². The zero-order valence-corrected chi connectivity index (χ0v) is 16.3. The second kappa shape index (κ2) is 9.96. The van der Waals surface area contributed by atoms with Crippen LogP contribution in [0.4, 0.5) is 8.78 Å². The van der Waals surface area contributed by atoms with Gasteiger partial charge in [0.1, 0.15) is 5.75 Å². The van der Waals surface area contributed by atoms with E-state index in [0.717, 1.165) is 31.5 Å². The number of piperazine rings is 1. The molecule has 4 nitrogen and oxygen atoms in total. The van der Waals surface area contributed by atoms with Crippen molar-refractivity contribution in [2.75, 3.05) is 32.8 Å². The Morgan fingerprint density at radius 1 is 1.07 bits per heavy atom. The van der Waals surface area contributed by atoms with Gasteiger partial charge in [-0.3, -0.25) is 9.80 Å². The van der Waals surface area contributed by atoms with Crippen molar-refractivity contribution in [1.82, 2.24) is 9.80 Å². The number of hydrogen-bond acceptors (Lipinski definition) is 4. The Labute approximate surface area is 165 Å². The number of nitrogens with zero attached hydrogens (tertiary/aromatic N) is 2. The molecule has 1 heterocycles. The summed E-state index contributed by atoms with van der Waals surface area (Å²) < 4.78 is 32.9. The quantitative estimate of drug-likeness (QED) is 0.749. The molecule has 152 valence electrons. The van der Waals surface area contributed by atoms with Gasteiger partial charge in [-0.1, -0.05) is 24.3 Å². The number of rotatable bonds is 8. The first-order valence-corrected chi connectivity index (χ1v) is 9.82. The maximum atomic E-state index is 14.0. The second-order valence-electron chi connectivity index (χ2n) is 7.16. The van der Waals surface area contributed by atoms with Gasteiger partial charge in [-0.05, 0) is 37.1 Å². The molecule has 0 bridgehead atoms. The van der Waals surface area contributed by atoms with E-state index in [1.54, 1.807) is 12.1 Å². The van der Waals surface area contributed by atoms with Crippen molar-refractivity contribution in [2.45, 2.75) is 32.5 Å². The molecule has 0 unspecified atom stereocenters. The van der Waals surface area contributed by atoms with Crippen LogP contribution in [-0.2, 0) is 13.1 Å². The lowest BCUT2D eigenvalue weighted by Crippen LogP contribution is -2.52. The monoisotopic (exact) mass is 390 g/mol. The first kappa shape index (κ1) is 20.7. The van der Waals surface area contributed by atoms with Crippen LogP contribution in [0.5, 0.6) is 5.75 Å². The molecule has 28 heavy (non-hydrogen) atoms. The van der Waals surface area contributed by atoms with Crippen LogP contribution in [0.15, 0.2) is 42.5 Å². The number of ether oxygens (including phenoxy) is 1. The SMILES string of the molecule is CCOc1ccc(CN2CCN(Cc3cccc(F)c3F)C[C@H]2CCO)cc1. The molecule has 1 saturated heterocycles. The summed E-state index contributed by atoms with van der Waals surface area (Å²) in [6.45, 7) is 6.18. The number of hydrogen-bond donors (Lipinski definition) is 1. The van der Waals surface area contributed by atoms with Crippen LogP contribution in [0.25, 0.3) is 0 Å². The normalized spacial score (nSPS) is 18.4. The molecular formula is C22H28F2N2O2. The van der Waals surface area contributed by atoms with Gasteiger partial charge >= 0.3 is 0 Å². The van der Waals surface area contributed by atoms with Gasteiger partial charge in [-0.15, -0.1) is 0 Å². The minimum absolute atomic E-state index is 0.104. The molecule has 2 aromatic carbocycles. The fraction of sp³-hybridized carbons (Fsp3) is 0.455. The Balaban J connectivity index is 1.62. The summed E-state index contributed by atoms with van der Waals surface area (Å²) in [7, 11) is 0. The molecule has 0 amide bonds. The molecule has 6 heteroatoms. The summed E-state index contributed by atoms with van der Waals surface area (Å²) in [5, 5.41) is 9.48. The largest absolute Gasteiger partial charge is 0.494 e. The minimum atomic E-state index is -0.807. The lowest BCUT2D eigenvalue weighted by molar-refractivity contribution is 0.0494. The molecule has 0 aromatic heterocycles. The second-order valence-corrected chi connectivity index (χ2v) is 7.16. The molecule has 2 aromatic rings. The van der Waals surface area contributed by atoms with Gasteiger partial charge in [0.15, 0.2) is 11.6 Å². The number of aliphatic hydroxyl groups is 1. The van der Waals surface area contributed by atoms with Gasteiger partial charge in [-0.2, -0.15) is 0 Å². The van der Waals surface area contributed by atoms with Gasteiger partial charge in [-0.25, -0.2) is 8.78 Å². The molecule has 1 N–H and O–H groups in total. The molecule has 0 radical (unpaired) electrons. The molecule has 1 aliphatic rings. The van der Waals surface area contributed by atoms with E-state index in [0.29, 0.717) is 31.7 Å². The van der Waals surface area contributed by atoms with E-state index in [4.69, 9.17) is 4.74 Å². The molecule has 1 fully saturated rings. The van der Waals surface area contributed by atoms with E-state index < -0.39 is 11.6 Å². The standard InChI is InChI=1S/C22H28F2N2O2/c1-2-28-20-8-6-17(7-9-20)14-26-12-11-25(16-19(26)10-13-27)15-18-4-3-5-21(23)22(18)24/h3-9,19,27H,2,10-16H2,1H3/t19-/m1/s1. The smallest absolute Gasteiger partial charge is 0.163 e. The predicted molar refractivity (Wildman–Crippen MR) is 105 cm³/mol. The van der Waals surface area contributed by atoms with E-state index in [9.17, 15) is 13.9 Å². The maximum Gasteiger partial charge on any atom is 0.163 e. The first-order valence-electron chi connectivity index (χ1n) is 9.82. The third kappa shape index (κ3) is 5.28. The first-order chi connectivity index (χ1) is 13.6. The third-order valence-corrected chi connectivity index (χ3v) is 5.20. The number of halogens is 2. The zero-order chi connectivity index (χ0) is 19.9. The van der Waals surface area contributed by atoms with Gasteiger partial charge in [0.2, 0.25) is 0 Å². The highest BCUT2D eigenvalue weighted by Gasteiger charge is 2.27. The average molecular weight is 390 g/mol. The molecule has 0 aliphatic carbocycles. The lowest BCUT2D eigenvalue weighted by Gasteiger charge is -2.41. The average Bonchev–Trinajstić information content (AvgIpc) is 2.69. The van der Waals surface area contributed by atoms with Crippen molar-refractivity contribution in [2.24, 2.45) is 0 Å². The van der Waals surface area contributed by atoms with Crippen molar-refractivity contribution in [3.63, 3.8) is 0 Å². The highest BCUT2D eigenvalue weighted by molar-refractivity contribution is 5.27. The molecule has 0 spiro atoms. The van der Waals surface area contributed by atoms with Crippen LogP contribution in [-0.4, -0.2) is 53.8 Å². The Hall–Kier alpha value is -2.02. The van der Waals surface area contributed by atoms with Crippen molar-refractivity contribution >= 4 is 0 Å². The lowest BCUT2D eigenvalue weighted by atomic mass is 10.1. The van der Waals surface area contributed by atoms with Crippen LogP contribution < -0.4 is 4.74 Å². The van der Waals surface area contributed by atoms with E-state index in [2.05, 4.69) is 21.9 Å². The fourth-order valence-electron chi connectivity index (χ4n) is 3.74. The Morgan fingerprint density at radius 3 is 2.57 bits per heavy atom. The van der Waals surface area contributed by atoms with Crippen molar-refractivity contribution in [3.8, 4) is 5.75 Å². The van der Waals surface area contributed by atoms with Crippen LogP contribution >= 0.6 is 0 Å². The molecule has 0 saturated carbocycles. The molecular weight excluding hydrogens is 362 g/mol. The van der Waals surface area contributed by atoms with Crippen LogP contribution in [0.3, 0.4) is 0 Å². The van der Waals surface area contributed by atoms with Crippen molar-refractivity contribution in [3.05, 3.63) is 65.2 Å². The van der Waals surface area contributed by atoms with Crippen LogP contribution in [0.1, 0.15) is 24.5 Å². The summed E-state index contributed by atoms with van der Waals surface area (Å²) in [5.41, 5.74) is 1.57. The van der Waals surface area contributed by atoms with Crippen LogP contribution in [0, 0.1) is 11.6 Å². The summed E-state index contributed by atoms with van der Waals surface area (Å²) >= 11 is 0. The molecule has 1 aliphatic heterocycles. The van der Waals surface area contributed by atoms with E-state index in [1.165, 1.54) is 5.56 Å². The minimum Gasteiger partial charge on any atom is -0.494 e. The predicted octanol–water partition coefficient (Wildman–Crippen LogP) is 3.43. The summed E-state index contributed by atoms with van der Waals surface area (Å²) in [4.78, 5) is 4.48. The van der Waals surface area contributed by atoms with Gasteiger partial charge in [0.05, 0.1) is 6.61 Å². The fourth-order valence-corrected chi connectivity index (χ4v) is 3.74. The summed E-state index contributed by atoms with van der Waals surface area (Å²) in [6.07, 6.45) is 0.652. The topological polar surface area (TPSA) is 35.9 Å². The Morgan fingerprint density at radius 2 is 1.86 bits per heavy atom. The zero-order valence-electron chi connectivity index (χ0n) is 16.3. The molecule has 3 rings (SSSR count). The van der Waals surface area contributed by atoms with Crippen molar-refractivity contribution in [1.29, 1.82) is 0 Å². The highest BCUT2D eigenvalue weighted by atomic mass is 19.2. The van der Waals surface area contributed by atoms with Gasteiger partial charge < -0.3 is 9.84 Å². The van der Waals surface area contributed by atoms with Crippen molar-refractivity contribution < 1.29 is 18.6 Å². The maximum absolute atomic E-state index is 14.0. The summed E-state index contributed by atoms with van der Waals surface area (Å²) in [5.74, 6) is -0.711. The highest BCUT2D eigenvalue weighted by Crippen LogP contribution is 2.21. The Kier molecular flexibility index (Phi) is 7.36. The molecule has 1 atom stereocenters. The summed E-state index contributed by atoms with van der Waals surface area (Å²) in [6, 6.07) is 12.6. The number of aliphatic hydroxyl groups excluding tert-OH is 1. The van der Waals surface area contributed by atoms with Gasteiger partial charge in [0.25, 0.3) is 0 Å². The third-order valence-electron chi connectivity index (χ3n) is 5.20. The number of benzene rings is 2. The van der Waals surface area contributed by atoms with Gasteiger partial charge in [0, 0.05) is 50.9 Å². The Bertz CT molecular complexity index is 755. The van der Waals surface area contributed by atoms with E-state index in [1.807, 2.05) is 19.1 Å².